The van der Waals surface area contributed by atoms with Crippen molar-refractivity contribution in [1.82, 2.24) is 30.1 Å². The van der Waals surface area contributed by atoms with Gasteiger partial charge < -0.3 is 24.4 Å². The number of rotatable bonds is 9. The maximum atomic E-state index is 12.7. The van der Waals surface area contributed by atoms with Crippen molar-refractivity contribution in [3.05, 3.63) is 35.7 Å². The second-order valence-corrected chi connectivity index (χ2v) is 7.58. The lowest BCUT2D eigenvalue weighted by molar-refractivity contribution is -0.129. The number of benzene rings is 1. The van der Waals surface area contributed by atoms with Crippen molar-refractivity contribution in [3.63, 3.8) is 0 Å². The molecule has 0 spiro atoms. The lowest BCUT2D eigenvalue weighted by Gasteiger charge is -2.35. The Hall–Kier alpha value is -3.18. The Morgan fingerprint density at radius 2 is 1.91 bits per heavy atom. The molecule has 1 unspecified atom stereocenters. The molecule has 2 amide bonds. The first-order chi connectivity index (χ1) is 15.4. The lowest BCUT2D eigenvalue weighted by Crippen LogP contribution is -2.43. The summed E-state index contributed by atoms with van der Waals surface area (Å²) in [6.45, 7) is 3.14. The zero-order chi connectivity index (χ0) is 23.1. The van der Waals surface area contributed by atoms with Gasteiger partial charge in [-0.15, -0.1) is 5.10 Å². The number of morpholine rings is 1. The molecule has 1 atom stereocenters. The second kappa shape index (κ2) is 10.9. The summed E-state index contributed by atoms with van der Waals surface area (Å²) in [7, 11) is 6.51. The third-order valence-corrected chi connectivity index (χ3v) is 5.30. The Balaban J connectivity index is 1.72. The molecule has 32 heavy (non-hydrogen) atoms. The van der Waals surface area contributed by atoms with E-state index in [1.165, 1.54) is 15.8 Å². The van der Waals surface area contributed by atoms with E-state index in [2.05, 4.69) is 20.5 Å². The van der Waals surface area contributed by atoms with Gasteiger partial charge in [0.2, 0.25) is 5.91 Å². The van der Waals surface area contributed by atoms with Crippen LogP contribution in [-0.4, -0.2) is 97.8 Å². The number of carbonyl (C=O) groups excluding carboxylic acids is 2. The molecule has 2 aromatic rings. The van der Waals surface area contributed by atoms with Gasteiger partial charge in [0.15, 0.2) is 17.2 Å². The molecular formula is C21H30N6O5. The number of nitrogens with zero attached hydrogens (tertiary/aromatic N) is 5. The summed E-state index contributed by atoms with van der Waals surface area (Å²) >= 11 is 0. The Morgan fingerprint density at radius 3 is 2.56 bits per heavy atom. The smallest absolute Gasteiger partial charge is 0.273 e. The second-order valence-electron chi connectivity index (χ2n) is 7.58. The number of likely N-dealkylation sites (N-methyl/N-ethyl adjacent to an activating group) is 1. The largest absolute Gasteiger partial charge is 0.493 e. The number of amides is 2. The Bertz CT molecular complexity index is 925. The summed E-state index contributed by atoms with van der Waals surface area (Å²) in [4.78, 5) is 28.3. The molecule has 0 radical (unpaired) electrons. The fourth-order valence-corrected chi connectivity index (χ4v) is 3.45. The average Bonchev–Trinajstić information content (AvgIpc) is 3.28. The van der Waals surface area contributed by atoms with E-state index < -0.39 is 0 Å². The zero-order valence-corrected chi connectivity index (χ0v) is 18.9. The van der Waals surface area contributed by atoms with Crippen molar-refractivity contribution < 1.29 is 23.8 Å². The van der Waals surface area contributed by atoms with E-state index in [0.717, 1.165) is 18.7 Å². The maximum absolute atomic E-state index is 12.7. The quantitative estimate of drug-likeness (QED) is 0.581. The van der Waals surface area contributed by atoms with Gasteiger partial charge >= 0.3 is 0 Å². The lowest BCUT2D eigenvalue weighted by atomic mass is 10.0. The number of methoxy groups -OCH3 is 2. The van der Waals surface area contributed by atoms with Crippen LogP contribution in [0.25, 0.3) is 0 Å². The molecule has 1 fully saturated rings. The van der Waals surface area contributed by atoms with Gasteiger partial charge in [0.05, 0.1) is 39.7 Å². The average molecular weight is 447 g/mol. The van der Waals surface area contributed by atoms with E-state index >= 15 is 0 Å². The van der Waals surface area contributed by atoms with Crippen LogP contribution >= 0.6 is 0 Å². The molecule has 1 aromatic heterocycles. The standard InChI is InChI=1S/C21H30N6O5/c1-25(2)20(28)14-27-13-16(23-24-27)21(29)22-12-17(26-7-9-32-10-8-26)15-5-6-18(30-3)19(11-15)31-4/h5-6,11,13,17H,7-10,12,14H2,1-4H3,(H,22,29). The van der Waals surface area contributed by atoms with Crippen molar-refractivity contribution in [2.75, 3.05) is 61.2 Å². The van der Waals surface area contributed by atoms with E-state index in [0.29, 0.717) is 31.3 Å². The first-order valence-corrected chi connectivity index (χ1v) is 10.3. The van der Waals surface area contributed by atoms with E-state index in [1.54, 1.807) is 28.3 Å². The summed E-state index contributed by atoms with van der Waals surface area (Å²) in [6.07, 6.45) is 1.47. The van der Waals surface area contributed by atoms with E-state index in [-0.39, 0.29) is 30.1 Å². The minimum Gasteiger partial charge on any atom is -0.493 e. The van der Waals surface area contributed by atoms with Gasteiger partial charge in [-0.05, 0) is 17.7 Å². The number of carbonyl (C=O) groups is 2. The molecule has 11 heteroatoms. The van der Waals surface area contributed by atoms with E-state index in [9.17, 15) is 9.59 Å². The molecule has 11 nitrogen and oxygen atoms in total. The third kappa shape index (κ3) is 5.74. The van der Waals surface area contributed by atoms with Crippen LogP contribution < -0.4 is 14.8 Å². The summed E-state index contributed by atoms with van der Waals surface area (Å²) in [6, 6.07) is 5.66. The highest BCUT2D eigenvalue weighted by Crippen LogP contribution is 2.32. The Morgan fingerprint density at radius 1 is 1.19 bits per heavy atom. The topological polar surface area (TPSA) is 111 Å². The summed E-state index contributed by atoms with van der Waals surface area (Å²) < 4.78 is 17.6. The molecule has 1 aromatic carbocycles. The molecule has 1 N–H and O–H groups in total. The van der Waals surface area contributed by atoms with Gasteiger partial charge in [0, 0.05) is 33.7 Å². The monoisotopic (exact) mass is 446 g/mol. The first kappa shape index (κ1) is 23.5. The minimum absolute atomic E-state index is 0.0231. The van der Waals surface area contributed by atoms with E-state index in [1.807, 2.05) is 18.2 Å². The summed E-state index contributed by atoms with van der Waals surface area (Å²) in [5.74, 6) is 0.781. The van der Waals surface area contributed by atoms with Crippen molar-refractivity contribution in [2.24, 2.45) is 0 Å². The van der Waals surface area contributed by atoms with Crippen molar-refractivity contribution in [3.8, 4) is 11.5 Å². The molecule has 2 heterocycles. The highest BCUT2D eigenvalue weighted by atomic mass is 16.5. The zero-order valence-electron chi connectivity index (χ0n) is 18.9. The summed E-state index contributed by atoms with van der Waals surface area (Å²) in [5.41, 5.74) is 1.15. The molecule has 0 bridgehead atoms. The van der Waals surface area contributed by atoms with Crippen LogP contribution in [0.2, 0.25) is 0 Å². The molecule has 3 rings (SSSR count). The number of hydrogen-bond donors (Lipinski definition) is 1. The number of aromatic nitrogens is 3. The fourth-order valence-electron chi connectivity index (χ4n) is 3.45. The number of hydrogen-bond acceptors (Lipinski definition) is 8. The van der Waals surface area contributed by atoms with Crippen LogP contribution in [0.4, 0.5) is 0 Å². The molecule has 0 aliphatic carbocycles. The van der Waals surface area contributed by atoms with E-state index in [4.69, 9.17) is 14.2 Å². The summed E-state index contributed by atoms with van der Waals surface area (Å²) in [5, 5.41) is 10.7. The SMILES string of the molecule is COc1ccc(C(CNC(=O)c2cn(CC(=O)N(C)C)nn2)N2CCOCC2)cc1OC. The van der Waals surface area contributed by atoms with Crippen LogP contribution in [0.1, 0.15) is 22.1 Å². The van der Waals surface area contributed by atoms with Crippen LogP contribution in [0.15, 0.2) is 24.4 Å². The van der Waals surface area contributed by atoms with Crippen molar-refractivity contribution in [2.45, 2.75) is 12.6 Å². The highest BCUT2D eigenvalue weighted by molar-refractivity contribution is 5.91. The van der Waals surface area contributed by atoms with Crippen LogP contribution in [0.3, 0.4) is 0 Å². The van der Waals surface area contributed by atoms with Crippen molar-refractivity contribution in [1.29, 1.82) is 0 Å². The van der Waals surface area contributed by atoms with Gasteiger partial charge in [0.25, 0.3) is 5.91 Å². The molecule has 1 aliphatic rings. The molecule has 0 saturated carbocycles. The number of nitrogens with one attached hydrogen (secondary N) is 1. The van der Waals surface area contributed by atoms with Gasteiger partial charge in [0.1, 0.15) is 6.54 Å². The normalized spacial score (nSPS) is 15.1. The maximum Gasteiger partial charge on any atom is 0.273 e. The Labute approximate surface area is 187 Å². The predicted molar refractivity (Wildman–Crippen MR) is 116 cm³/mol. The fraction of sp³-hybridized carbons (Fsp3) is 0.524. The number of ether oxygens (including phenoxy) is 3. The van der Waals surface area contributed by atoms with Crippen LogP contribution in [0, 0.1) is 0 Å². The highest BCUT2D eigenvalue weighted by Gasteiger charge is 2.25. The Kier molecular flexibility index (Phi) is 8.01. The predicted octanol–water partition coefficient (Wildman–Crippen LogP) is 0.187. The molecular weight excluding hydrogens is 416 g/mol. The third-order valence-electron chi connectivity index (χ3n) is 5.30. The molecule has 1 aliphatic heterocycles. The van der Waals surface area contributed by atoms with Crippen molar-refractivity contribution >= 4 is 11.8 Å². The molecule has 174 valence electrons. The van der Waals surface area contributed by atoms with Gasteiger partial charge in [-0.25, -0.2) is 4.68 Å². The van der Waals surface area contributed by atoms with Crippen LogP contribution in [0.5, 0.6) is 11.5 Å². The van der Waals surface area contributed by atoms with Gasteiger partial charge in [-0.3, -0.25) is 14.5 Å². The first-order valence-electron chi connectivity index (χ1n) is 10.3. The minimum atomic E-state index is -0.354. The van der Waals surface area contributed by atoms with Gasteiger partial charge in [-0.1, -0.05) is 11.3 Å². The molecule has 1 saturated heterocycles. The van der Waals surface area contributed by atoms with Gasteiger partial charge in [-0.2, -0.15) is 0 Å². The van der Waals surface area contributed by atoms with Crippen LogP contribution in [-0.2, 0) is 16.1 Å².